The largest absolute Gasteiger partial charge is 0.355 e. The monoisotopic (exact) mass is 210 g/mol. The van der Waals surface area contributed by atoms with Gasteiger partial charge in [-0.1, -0.05) is 12.8 Å². The second kappa shape index (κ2) is 4.64. The Labute approximate surface area is 89.8 Å². The van der Waals surface area contributed by atoms with Crippen molar-refractivity contribution in [3.8, 4) is 0 Å². The molecule has 2 N–H and O–H groups in total. The lowest BCUT2D eigenvalue weighted by atomic mass is 9.98. The van der Waals surface area contributed by atoms with Gasteiger partial charge in [0, 0.05) is 19.0 Å². The fourth-order valence-corrected chi connectivity index (χ4v) is 2.35. The van der Waals surface area contributed by atoms with E-state index in [9.17, 15) is 9.59 Å². The number of hydrogen-bond donors (Lipinski definition) is 2. The van der Waals surface area contributed by atoms with E-state index in [4.69, 9.17) is 0 Å². The Morgan fingerprint density at radius 3 is 2.60 bits per heavy atom. The van der Waals surface area contributed by atoms with Gasteiger partial charge in [0.1, 0.15) is 0 Å². The van der Waals surface area contributed by atoms with Crippen LogP contribution in [0.4, 0.5) is 0 Å². The first-order valence-electron chi connectivity index (χ1n) is 5.83. The Hall–Kier alpha value is -1.06. The molecular formula is C11H18N2O2. The maximum absolute atomic E-state index is 11.8. The highest BCUT2D eigenvalue weighted by Gasteiger charge is 2.26. The van der Waals surface area contributed by atoms with E-state index in [0.717, 1.165) is 12.8 Å². The number of piperidine rings is 1. The van der Waals surface area contributed by atoms with Gasteiger partial charge in [-0.2, -0.15) is 0 Å². The fraction of sp³-hybridized carbons (Fsp3) is 0.818. The van der Waals surface area contributed by atoms with Crippen molar-refractivity contribution in [2.75, 3.05) is 6.54 Å². The van der Waals surface area contributed by atoms with E-state index >= 15 is 0 Å². The summed E-state index contributed by atoms with van der Waals surface area (Å²) in [5, 5.41) is 5.81. The predicted octanol–water partition coefficient (Wildman–Crippen LogP) is 0.571. The Balaban J connectivity index is 1.77. The van der Waals surface area contributed by atoms with Gasteiger partial charge >= 0.3 is 0 Å². The van der Waals surface area contributed by atoms with Crippen LogP contribution in [-0.2, 0) is 9.59 Å². The summed E-state index contributed by atoms with van der Waals surface area (Å²) in [5.41, 5.74) is 0. The van der Waals surface area contributed by atoms with Crippen LogP contribution in [0.3, 0.4) is 0 Å². The van der Waals surface area contributed by atoms with E-state index in [0.29, 0.717) is 25.4 Å². The van der Waals surface area contributed by atoms with Crippen LogP contribution >= 0.6 is 0 Å². The van der Waals surface area contributed by atoms with E-state index in [1.165, 1.54) is 12.8 Å². The van der Waals surface area contributed by atoms with Crippen LogP contribution in [0.2, 0.25) is 0 Å². The zero-order valence-corrected chi connectivity index (χ0v) is 8.92. The third kappa shape index (κ3) is 2.70. The Morgan fingerprint density at radius 1 is 1.27 bits per heavy atom. The van der Waals surface area contributed by atoms with Gasteiger partial charge in [0.05, 0.1) is 5.92 Å². The lowest BCUT2D eigenvalue weighted by molar-refractivity contribution is -0.129. The van der Waals surface area contributed by atoms with Gasteiger partial charge in [-0.15, -0.1) is 0 Å². The number of carbonyl (C=O) groups is 2. The summed E-state index contributed by atoms with van der Waals surface area (Å²) >= 11 is 0. The topological polar surface area (TPSA) is 58.2 Å². The molecule has 1 atom stereocenters. The van der Waals surface area contributed by atoms with E-state index in [1.807, 2.05) is 0 Å². The maximum atomic E-state index is 11.8. The van der Waals surface area contributed by atoms with Gasteiger partial charge in [0.2, 0.25) is 11.8 Å². The van der Waals surface area contributed by atoms with Gasteiger partial charge in [0.25, 0.3) is 0 Å². The standard InChI is InChI=1S/C11H18N2O2/c14-10-6-5-8(7-12-10)11(15)13-9-3-1-2-4-9/h8-9H,1-7H2,(H,12,14)(H,13,15). The third-order valence-electron chi connectivity index (χ3n) is 3.34. The van der Waals surface area contributed by atoms with E-state index in [2.05, 4.69) is 10.6 Å². The quantitative estimate of drug-likeness (QED) is 0.700. The molecule has 2 aliphatic rings. The lowest BCUT2D eigenvalue weighted by Gasteiger charge is -2.23. The molecule has 1 aliphatic carbocycles. The Morgan fingerprint density at radius 2 is 2.00 bits per heavy atom. The molecule has 1 aliphatic heterocycles. The predicted molar refractivity (Wildman–Crippen MR) is 56.1 cm³/mol. The molecule has 15 heavy (non-hydrogen) atoms. The summed E-state index contributed by atoms with van der Waals surface area (Å²) < 4.78 is 0. The molecule has 4 nitrogen and oxygen atoms in total. The van der Waals surface area contributed by atoms with Crippen LogP contribution < -0.4 is 10.6 Å². The number of rotatable bonds is 2. The lowest BCUT2D eigenvalue weighted by Crippen LogP contribution is -2.45. The summed E-state index contributed by atoms with van der Waals surface area (Å²) in [7, 11) is 0. The third-order valence-corrected chi connectivity index (χ3v) is 3.34. The van der Waals surface area contributed by atoms with Crippen molar-refractivity contribution in [2.45, 2.75) is 44.6 Å². The highest BCUT2D eigenvalue weighted by molar-refractivity contribution is 5.83. The van der Waals surface area contributed by atoms with Crippen molar-refractivity contribution in [3.05, 3.63) is 0 Å². The number of nitrogens with one attached hydrogen (secondary N) is 2. The van der Waals surface area contributed by atoms with Crippen molar-refractivity contribution < 1.29 is 9.59 Å². The number of amides is 2. The minimum absolute atomic E-state index is 0.0108. The molecule has 1 saturated carbocycles. The first-order valence-corrected chi connectivity index (χ1v) is 5.83. The molecule has 0 aromatic carbocycles. The molecule has 0 bridgehead atoms. The van der Waals surface area contributed by atoms with Gasteiger partial charge < -0.3 is 10.6 Å². The molecule has 1 unspecified atom stereocenters. The molecule has 4 heteroatoms. The van der Waals surface area contributed by atoms with Crippen molar-refractivity contribution in [3.63, 3.8) is 0 Å². The van der Waals surface area contributed by atoms with Crippen LogP contribution in [0, 0.1) is 5.92 Å². The second-order valence-corrected chi connectivity index (χ2v) is 4.53. The van der Waals surface area contributed by atoms with Crippen LogP contribution in [0.5, 0.6) is 0 Å². The molecule has 2 amide bonds. The van der Waals surface area contributed by atoms with Crippen LogP contribution in [0.1, 0.15) is 38.5 Å². The zero-order valence-electron chi connectivity index (χ0n) is 8.92. The highest BCUT2D eigenvalue weighted by atomic mass is 16.2. The van der Waals surface area contributed by atoms with Crippen LogP contribution in [0.15, 0.2) is 0 Å². The van der Waals surface area contributed by atoms with Crippen molar-refractivity contribution in [2.24, 2.45) is 5.92 Å². The van der Waals surface area contributed by atoms with E-state index in [-0.39, 0.29) is 17.7 Å². The molecular weight excluding hydrogens is 192 g/mol. The molecule has 2 fully saturated rings. The van der Waals surface area contributed by atoms with Gasteiger partial charge in [-0.3, -0.25) is 9.59 Å². The van der Waals surface area contributed by atoms with Crippen molar-refractivity contribution in [1.29, 1.82) is 0 Å². The van der Waals surface area contributed by atoms with Gasteiger partial charge in [-0.05, 0) is 19.3 Å². The summed E-state index contributed by atoms with van der Waals surface area (Å²) in [6.07, 6.45) is 5.88. The molecule has 2 rings (SSSR count). The first-order chi connectivity index (χ1) is 7.25. The number of carbonyl (C=O) groups excluding carboxylic acids is 2. The minimum Gasteiger partial charge on any atom is -0.355 e. The maximum Gasteiger partial charge on any atom is 0.225 e. The van der Waals surface area contributed by atoms with Gasteiger partial charge in [0.15, 0.2) is 0 Å². The smallest absolute Gasteiger partial charge is 0.225 e. The fourth-order valence-electron chi connectivity index (χ4n) is 2.35. The van der Waals surface area contributed by atoms with Crippen molar-refractivity contribution in [1.82, 2.24) is 10.6 Å². The molecule has 1 heterocycles. The van der Waals surface area contributed by atoms with E-state index < -0.39 is 0 Å². The normalized spacial score (nSPS) is 27.5. The summed E-state index contributed by atoms with van der Waals surface area (Å²) in [5.74, 6) is 0.185. The summed E-state index contributed by atoms with van der Waals surface area (Å²) in [6.45, 7) is 0.511. The summed E-state index contributed by atoms with van der Waals surface area (Å²) in [4.78, 5) is 22.7. The first kappa shape index (κ1) is 10.5. The molecule has 0 aromatic rings. The average molecular weight is 210 g/mol. The Bertz CT molecular complexity index is 249. The summed E-state index contributed by atoms with van der Waals surface area (Å²) in [6, 6.07) is 0.384. The molecule has 0 radical (unpaired) electrons. The average Bonchev–Trinajstić information content (AvgIpc) is 2.71. The highest BCUT2D eigenvalue weighted by Crippen LogP contribution is 2.19. The Kier molecular flexibility index (Phi) is 3.23. The van der Waals surface area contributed by atoms with E-state index in [1.54, 1.807) is 0 Å². The molecule has 0 spiro atoms. The van der Waals surface area contributed by atoms with Crippen LogP contribution in [-0.4, -0.2) is 24.4 Å². The second-order valence-electron chi connectivity index (χ2n) is 4.53. The molecule has 84 valence electrons. The van der Waals surface area contributed by atoms with Crippen molar-refractivity contribution >= 4 is 11.8 Å². The minimum atomic E-state index is -0.0108. The van der Waals surface area contributed by atoms with Crippen LogP contribution in [0.25, 0.3) is 0 Å². The molecule has 0 aromatic heterocycles. The molecule has 1 saturated heterocycles. The number of hydrogen-bond acceptors (Lipinski definition) is 2. The van der Waals surface area contributed by atoms with Gasteiger partial charge in [-0.25, -0.2) is 0 Å². The zero-order chi connectivity index (χ0) is 10.7. The SMILES string of the molecule is O=C1CCC(C(=O)NC2CCCC2)CN1.